The third-order valence-electron chi connectivity index (χ3n) is 6.08. The summed E-state index contributed by atoms with van der Waals surface area (Å²) in [6.45, 7) is 4.91. The summed E-state index contributed by atoms with van der Waals surface area (Å²) >= 11 is 0. The average molecular weight is 268 g/mol. The van der Waals surface area contributed by atoms with Gasteiger partial charge in [0.2, 0.25) is 0 Å². The summed E-state index contributed by atoms with van der Waals surface area (Å²) < 4.78 is 17.3. The second-order valence-electron chi connectivity index (χ2n) is 8.08. The van der Waals surface area contributed by atoms with Crippen LogP contribution in [0.25, 0.3) is 0 Å². The van der Waals surface area contributed by atoms with E-state index >= 15 is 0 Å². The topological polar surface area (TPSA) is 27.7 Å². The Labute approximate surface area is 117 Å². The molecule has 0 aromatic rings. The van der Waals surface area contributed by atoms with Gasteiger partial charge in [0.1, 0.15) is 0 Å². The van der Waals surface area contributed by atoms with Gasteiger partial charge in [-0.1, -0.05) is 13.8 Å². The van der Waals surface area contributed by atoms with Crippen LogP contribution in [0.5, 0.6) is 0 Å². The van der Waals surface area contributed by atoms with Crippen molar-refractivity contribution in [2.24, 2.45) is 22.2 Å². The van der Waals surface area contributed by atoms with Crippen molar-refractivity contribution in [1.29, 1.82) is 0 Å². The maximum absolute atomic E-state index is 5.77. The molecule has 3 heteroatoms. The van der Waals surface area contributed by atoms with Gasteiger partial charge < -0.3 is 14.2 Å². The molecule has 0 N–H and O–H groups in total. The molecule has 2 atom stereocenters. The Kier molecular flexibility index (Phi) is 2.88. The van der Waals surface area contributed by atoms with Crippen molar-refractivity contribution in [3.05, 3.63) is 0 Å². The molecule has 110 valence electrons. The van der Waals surface area contributed by atoms with Gasteiger partial charge in [-0.2, -0.15) is 0 Å². The first kappa shape index (κ1) is 13.8. The van der Waals surface area contributed by atoms with Crippen LogP contribution in [0.15, 0.2) is 0 Å². The first-order valence-corrected chi connectivity index (χ1v) is 7.49. The highest BCUT2D eigenvalue weighted by Gasteiger charge is 2.68. The third-order valence-corrected chi connectivity index (χ3v) is 6.08. The normalized spacial score (nSPS) is 48.8. The summed E-state index contributed by atoms with van der Waals surface area (Å²) in [5, 5.41) is 0. The van der Waals surface area contributed by atoms with E-state index in [0.29, 0.717) is 10.8 Å². The van der Waals surface area contributed by atoms with E-state index in [1.807, 2.05) is 0 Å². The van der Waals surface area contributed by atoms with E-state index in [2.05, 4.69) is 13.8 Å². The number of hydrogen-bond donors (Lipinski definition) is 0. The molecule has 0 aromatic heterocycles. The molecule has 0 spiro atoms. The molecule has 4 aliphatic carbocycles. The summed E-state index contributed by atoms with van der Waals surface area (Å²) in [5.41, 5.74) is 0.901. The standard InChI is InChI=1S/C16H28O3/c1-13-6-12-7-14(2,9-13)11-15(8-12,10-13)16(17-3,18-4)19-5/h12H,6-11H2,1-5H3. The largest absolute Gasteiger partial charge is 0.330 e. The van der Waals surface area contributed by atoms with Gasteiger partial charge >= 0.3 is 0 Å². The van der Waals surface area contributed by atoms with Crippen LogP contribution in [0.4, 0.5) is 0 Å². The molecule has 4 rings (SSSR count). The van der Waals surface area contributed by atoms with Crippen LogP contribution in [0.1, 0.15) is 52.4 Å². The molecule has 4 fully saturated rings. The molecular formula is C16H28O3. The monoisotopic (exact) mass is 268 g/mol. The third kappa shape index (κ3) is 1.74. The van der Waals surface area contributed by atoms with E-state index in [1.54, 1.807) is 21.3 Å². The van der Waals surface area contributed by atoms with Crippen molar-refractivity contribution in [1.82, 2.24) is 0 Å². The highest BCUT2D eigenvalue weighted by atomic mass is 16.9. The van der Waals surface area contributed by atoms with Crippen molar-refractivity contribution in [2.75, 3.05) is 21.3 Å². The molecule has 4 bridgehead atoms. The number of methoxy groups -OCH3 is 3. The Balaban J connectivity index is 2.05. The summed E-state index contributed by atoms with van der Waals surface area (Å²) in [4.78, 5) is 0. The maximum Gasteiger partial charge on any atom is 0.288 e. The smallest absolute Gasteiger partial charge is 0.288 e. The van der Waals surface area contributed by atoms with Crippen LogP contribution in [0, 0.1) is 22.2 Å². The molecule has 0 heterocycles. The van der Waals surface area contributed by atoms with Crippen LogP contribution in [0.2, 0.25) is 0 Å². The second-order valence-corrected chi connectivity index (χ2v) is 8.08. The van der Waals surface area contributed by atoms with Crippen LogP contribution in [0.3, 0.4) is 0 Å². The van der Waals surface area contributed by atoms with Gasteiger partial charge in [-0.15, -0.1) is 0 Å². The average Bonchev–Trinajstić information content (AvgIpc) is 2.26. The summed E-state index contributed by atoms with van der Waals surface area (Å²) in [7, 11) is 5.16. The second kappa shape index (κ2) is 3.96. The molecule has 4 saturated carbocycles. The molecule has 3 nitrogen and oxygen atoms in total. The Morgan fingerprint density at radius 1 is 0.789 bits per heavy atom. The van der Waals surface area contributed by atoms with Crippen LogP contribution in [-0.4, -0.2) is 27.3 Å². The van der Waals surface area contributed by atoms with Gasteiger partial charge in [0.05, 0.1) is 5.41 Å². The zero-order valence-electron chi connectivity index (χ0n) is 13.0. The lowest BCUT2D eigenvalue weighted by Gasteiger charge is -2.68. The Morgan fingerprint density at radius 2 is 1.26 bits per heavy atom. The molecule has 0 aromatic carbocycles. The van der Waals surface area contributed by atoms with Crippen LogP contribution < -0.4 is 0 Å². The molecule has 0 radical (unpaired) electrons. The van der Waals surface area contributed by atoms with Gasteiger partial charge in [0.15, 0.2) is 0 Å². The highest BCUT2D eigenvalue weighted by Crippen LogP contribution is 2.72. The van der Waals surface area contributed by atoms with E-state index in [4.69, 9.17) is 14.2 Å². The van der Waals surface area contributed by atoms with Crippen molar-refractivity contribution in [3.8, 4) is 0 Å². The fraction of sp³-hybridized carbons (Fsp3) is 1.00. The number of ether oxygens (including phenoxy) is 3. The molecule has 0 amide bonds. The van der Waals surface area contributed by atoms with E-state index in [1.165, 1.54) is 38.5 Å². The lowest BCUT2D eigenvalue weighted by Crippen LogP contribution is -2.65. The lowest BCUT2D eigenvalue weighted by atomic mass is 9.39. The molecule has 0 aliphatic heterocycles. The Morgan fingerprint density at radius 3 is 1.63 bits per heavy atom. The van der Waals surface area contributed by atoms with Gasteiger partial charge in [0, 0.05) is 21.3 Å². The minimum atomic E-state index is -0.866. The van der Waals surface area contributed by atoms with Gasteiger partial charge in [-0.05, 0) is 55.3 Å². The molecule has 19 heavy (non-hydrogen) atoms. The predicted octanol–water partition coefficient (Wildman–Crippen LogP) is 3.58. The minimum Gasteiger partial charge on any atom is -0.330 e. The van der Waals surface area contributed by atoms with Crippen molar-refractivity contribution < 1.29 is 14.2 Å². The Hall–Kier alpha value is -0.120. The molecule has 4 aliphatic rings. The molecular weight excluding hydrogens is 240 g/mol. The van der Waals surface area contributed by atoms with E-state index in [9.17, 15) is 0 Å². The van der Waals surface area contributed by atoms with Crippen molar-refractivity contribution in [3.63, 3.8) is 0 Å². The SMILES string of the molecule is COC(OC)(OC)C12CC3CC(C)(CC(C)(C3)C1)C2. The molecule has 0 saturated heterocycles. The predicted molar refractivity (Wildman–Crippen MR) is 73.6 cm³/mol. The minimum absolute atomic E-state index is 0.0220. The van der Waals surface area contributed by atoms with E-state index in [0.717, 1.165) is 5.92 Å². The van der Waals surface area contributed by atoms with Crippen LogP contribution >= 0.6 is 0 Å². The number of rotatable bonds is 4. The fourth-order valence-electron chi connectivity index (χ4n) is 6.69. The van der Waals surface area contributed by atoms with Gasteiger partial charge in [0.25, 0.3) is 5.97 Å². The van der Waals surface area contributed by atoms with Gasteiger partial charge in [-0.25, -0.2) is 0 Å². The zero-order chi connectivity index (χ0) is 13.9. The summed E-state index contributed by atoms with van der Waals surface area (Å²) in [5.74, 6) is -0.0549. The van der Waals surface area contributed by atoms with Crippen LogP contribution in [-0.2, 0) is 14.2 Å². The van der Waals surface area contributed by atoms with Gasteiger partial charge in [-0.3, -0.25) is 0 Å². The lowest BCUT2D eigenvalue weighted by molar-refractivity contribution is -0.434. The summed E-state index contributed by atoms with van der Waals surface area (Å²) in [6, 6.07) is 0. The Bertz CT molecular complexity index is 348. The number of hydrogen-bond acceptors (Lipinski definition) is 3. The first-order chi connectivity index (χ1) is 8.84. The summed E-state index contributed by atoms with van der Waals surface area (Å²) in [6.07, 6.45) is 7.62. The highest BCUT2D eigenvalue weighted by molar-refractivity contribution is 5.13. The van der Waals surface area contributed by atoms with Crippen molar-refractivity contribution >= 4 is 0 Å². The first-order valence-electron chi connectivity index (χ1n) is 7.49. The quantitative estimate of drug-likeness (QED) is 0.729. The van der Waals surface area contributed by atoms with Crippen molar-refractivity contribution in [2.45, 2.75) is 58.3 Å². The van der Waals surface area contributed by atoms with E-state index in [-0.39, 0.29) is 5.41 Å². The van der Waals surface area contributed by atoms with E-state index < -0.39 is 5.97 Å². The zero-order valence-corrected chi connectivity index (χ0v) is 13.0. The molecule has 2 unspecified atom stereocenters. The fourth-order valence-corrected chi connectivity index (χ4v) is 6.69. The maximum atomic E-state index is 5.77.